The zero-order valence-corrected chi connectivity index (χ0v) is 17.2. The monoisotopic (exact) mass is 419 g/mol. The Morgan fingerprint density at radius 3 is 2.45 bits per heavy atom. The number of rotatable bonds is 4. The first-order valence-electron chi connectivity index (χ1n) is 10.6. The van der Waals surface area contributed by atoms with Crippen molar-refractivity contribution in [2.24, 2.45) is 0 Å². The molecule has 0 N–H and O–H groups in total. The van der Waals surface area contributed by atoms with Crippen LogP contribution in [0.2, 0.25) is 0 Å². The van der Waals surface area contributed by atoms with Crippen molar-refractivity contribution in [3.8, 4) is 11.8 Å². The lowest BCUT2D eigenvalue weighted by molar-refractivity contribution is 0.245. The molecule has 0 unspecified atom stereocenters. The van der Waals surface area contributed by atoms with Crippen molar-refractivity contribution in [1.29, 1.82) is 5.26 Å². The number of hydrogen-bond donors (Lipinski definition) is 0. The zero-order chi connectivity index (χ0) is 21.4. The van der Waals surface area contributed by atoms with Crippen LogP contribution in [0.25, 0.3) is 5.69 Å². The first-order chi connectivity index (χ1) is 15.1. The molecule has 2 aromatic carbocycles. The topological polar surface area (TPSA) is 48.1 Å². The minimum atomic E-state index is -0.344. The molecule has 1 aliphatic carbocycles. The van der Waals surface area contributed by atoms with E-state index in [4.69, 9.17) is 10.4 Å². The molecule has 3 aromatic rings. The van der Waals surface area contributed by atoms with Crippen molar-refractivity contribution in [2.45, 2.75) is 25.8 Å². The fraction of sp³-hybridized carbons (Fsp3) is 0.333. The predicted octanol–water partition coefficient (Wildman–Crippen LogP) is 3.83. The molecule has 0 saturated carbocycles. The summed E-state index contributed by atoms with van der Waals surface area (Å²) in [5.41, 5.74) is 5.44. The van der Waals surface area contributed by atoms with Crippen LogP contribution in [0.5, 0.6) is 0 Å². The fourth-order valence-corrected chi connectivity index (χ4v) is 4.63. The van der Waals surface area contributed by atoms with E-state index in [1.807, 2.05) is 15.7 Å². The number of anilines is 1. The molecule has 0 amide bonds. The molecule has 31 heavy (non-hydrogen) atoms. The molecule has 7 heteroatoms. The average Bonchev–Trinajstić information content (AvgIpc) is 3.39. The third-order valence-corrected chi connectivity index (χ3v) is 6.25. The van der Waals surface area contributed by atoms with Gasteiger partial charge >= 0.3 is 0 Å². The van der Waals surface area contributed by atoms with Crippen LogP contribution >= 0.6 is 0 Å². The lowest BCUT2D eigenvalue weighted by atomic mass is 10.1. The maximum absolute atomic E-state index is 14.4. The van der Waals surface area contributed by atoms with E-state index in [9.17, 15) is 8.78 Å². The molecule has 5 rings (SSSR count). The van der Waals surface area contributed by atoms with Crippen LogP contribution in [-0.4, -0.2) is 40.9 Å². The molecule has 1 fully saturated rings. The zero-order valence-electron chi connectivity index (χ0n) is 17.2. The summed E-state index contributed by atoms with van der Waals surface area (Å²) in [5, 5.41) is 13.8. The van der Waals surface area contributed by atoms with Gasteiger partial charge in [0.2, 0.25) is 0 Å². The van der Waals surface area contributed by atoms with E-state index in [1.54, 1.807) is 24.3 Å². The Balaban J connectivity index is 1.29. The fourth-order valence-electron chi connectivity index (χ4n) is 4.63. The molecule has 1 saturated heterocycles. The van der Waals surface area contributed by atoms with Gasteiger partial charge in [-0.05, 0) is 67.3 Å². The summed E-state index contributed by atoms with van der Waals surface area (Å²) in [6, 6.07) is 13.1. The van der Waals surface area contributed by atoms with Gasteiger partial charge in [0.1, 0.15) is 11.6 Å². The van der Waals surface area contributed by atoms with Gasteiger partial charge in [0.05, 0.1) is 28.7 Å². The van der Waals surface area contributed by atoms with E-state index in [1.165, 1.54) is 29.5 Å². The number of benzene rings is 2. The second-order valence-corrected chi connectivity index (χ2v) is 8.15. The Kier molecular flexibility index (Phi) is 5.16. The first-order valence-corrected chi connectivity index (χ1v) is 10.6. The van der Waals surface area contributed by atoms with Crippen LogP contribution in [0.15, 0.2) is 42.5 Å². The number of piperazine rings is 1. The van der Waals surface area contributed by atoms with Crippen molar-refractivity contribution in [3.05, 3.63) is 76.6 Å². The summed E-state index contributed by atoms with van der Waals surface area (Å²) < 4.78 is 29.7. The van der Waals surface area contributed by atoms with Crippen molar-refractivity contribution < 1.29 is 8.78 Å². The number of halogens is 2. The lowest BCUT2D eigenvalue weighted by Crippen LogP contribution is -2.46. The van der Waals surface area contributed by atoms with Crippen LogP contribution < -0.4 is 4.90 Å². The predicted molar refractivity (Wildman–Crippen MR) is 114 cm³/mol. The second-order valence-electron chi connectivity index (χ2n) is 8.15. The molecule has 2 heterocycles. The second kappa shape index (κ2) is 8.12. The maximum Gasteiger partial charge on any atom is 0.147 e. The minimum Gasteiger partial charge on any atom is -0.367 e. The van der Waals surface area contributed by atoms with Crippen LogP contribution in [0, 0.1) is 23.0 Å². The third kappa shape index (κ3) is 3.79. The van der Waals surface area contributed by atoms with Crippen molar-refractivity contribution in [3.63, 3.8) is 0 Å². The van der Waals surface area contributed by atoms with Crippen molar-refractivity contribution >= 4 is 5.69 Å². The quantitative estimate of drug-likeness (QED) is 0.645. The number of hydrogen-bond acceptors (Lipinski definition) is 4. The van der Waals surface area contributed by atoms with E-state index in [-0.39, 0.29) is 11.6 Å². The van der Waals surface area contributed by atoms with E-state index in [2.05, 4.69) is 4.90 Å². The Morgan fingerprint density at radius 2 is 1.74 bits per heavy atom. The van der Waals surface area contributed by atoms with Gasteiger partial charge in [0.15, 0.2) is 0 Å². The van der Waals surface area contributed by atoms with Crippen molar-refractivity contribution in [1.82, 2.24) is 14.7 Å². The summed E-state index contributed by atoms with van der Waals surface area (Å²) in [6.07, 6.45) is 3.14. The largest absolute Gasteiger partial charge is 0.367 e. The molecule has 0 atom stereocenters. The van der Waals surface area contributed by atoms with E-state index < -0.39 is 0 Å². The first kappa shape index (κ1) is 19.7. The van der Waals surface area contributed by atoms with Gasteiger partial charge in [0.25, 0.3) is 0 Å². The highest BCUT2D eigenvalue weighted by Crippen LogP contribution is 2.29. The van der Waals surface area contributed by atoms with Crippen LogP contribution in [0.4, 0.5) is 14.5 Å². The van der Waals surface area contributed by atoms with Gasteiger partial charge in [0, 0.05) is 38.4 Å². The standard InChI is InChI=1S/C24H23F2N5/c25-18-5-7-19(8-6-18)31-23-3-1-2-20(23)22(28-31)16-29-10-12-30(13-11-29)24-9-4-17(15-27)14-21(24)26/h4-9,14H,1-3,10-13,16H2. The molecule has 0 bridgehead atoms. The minimum absolute atomic E-state index is 0.246. The van der Waals surface area contributed by atoms with Crippen molar-refractivity contribution in [2.75, 3.05) is 31.1 Å². The Morgan fingerprint density at radius 1 is 0.968 bits per heavy atom. The molecular weight excluding hydrogens is 396 g/mol. The molecule has 1 aliphatic heterocycles. The highest BCUT2D eigenvalue weighted by Gasteiger charge is 2.26. The smallest absolute Gasteiger partial charge is 0.147 e. The number of aromatic nitrogens is 2. The van der Waals surface area contributed by atoms with Crippen LogP contribution in [0.1, 0.15) is 28.9 Å². The highest BCUT2D eigenvalue weighted by atomic mass is 19.1. The molecule has 1 aromatic heterocycles. The Hall–Kier alpha value is -3.24. The molecule has 5 nitrogen and oxygen atoms in total. The van der Waals surface area contributed by atoms with E-state index in [0.717, 1.165) is 63.4 Å². The summed E-state index contributed by atoms with van der Waals surface area (Å²) in [7, 11) is 0. The number of nitriles is 1. The van der Waals surface area contributed by atoms with Gasteiger partial charge < -0.3 is 4.90 Å². The lowest BCUT2D eigenvalue weighted by Gasteiger charge is -2.36. The van der Waals surface area contributed by atoms with Gasteiger partial charge in [-0.15, -0.1) is 0 Å². The van der Waals surface area contributed by atoms with Gasteiger partial charge in [-0.2, -0.15) is 10.4 Å². The Bertz CT molecular complexity index is 1140. The van der Waals surface area contributed by atoms with Crippen LogP contribution in [-0.2, 0) is 19.4 Å². The Labute approximate surface area is 180 Å². The third-order valence-electron chi connectivity index (χ3n) is 6.25. The van der Waals surface area contributed by atoms with Crippen LogP contribution in [0.3, 0.4) is 0 Å². The van der Waals surface area contributed by atoms with Gasteiger partial charge in [-0.3, -0.25) is 4.90 Å². The normalized spacial score (nSPS) is 16.4. The summed E-state index contributed by atoms with van der Waals surface area (Å²) in [4.78, 5) is 4.39. The number of fused-ring (bicyclic) bond motifs is 1. The highest BCUT2D eigenvalue weighted by molar-refractivity contribution is 5.51. The number of nitrogens with zero attached hydrogens (tertiary/aromatic N) is 5. The van der Waals surface area contributed by atoms with Gasteiger partial charge in [-0.25, -0.2) is 13.5 Å². The molecular formula is C24H23F2N5. The molecule has 2 aliphatic rings. The summed E-state index contributed by atoms with van der Waals surface area (Å²) in [6.45, 7) is 3.85. The van der Waals surface area contributed by atoms with Gasteiger partial charge in [-0.1, -0.05) is 0 Å². The SMILES string of the molecule is N#Cc1ccc(N2CCN(Cc3nn(-c4ccc(F)cc4)c4c3CCC4)CC2)c(F)c1. The summed E-state index contributed by atoms with van der Waals surface area (Å²) >= 11 is 0. The van der Waals surface area contributed by atoms with E-state index >= 15 is 0 Å². The molecule has 158 valence electrons. The van der Waals surface area contributed by atoms with E-state index in [0.29, 0.717) is 11.3 Å². The molecule has 0 radical (unpaired) electrons. The average molecular weight is 419 g/mol. The maximum atomic E-state index is 14.4. The molecule has 0 spiro atoms. The summed E-state index contributed by atoms with van der Waals surface area (Å²) in [5.74, 6) is -0.590.